The van der Waals surface area contributed by atoms with Crippen LogP contribution in [0.2, 0.25) is 0 Å². The van der Waals surface area contributed by atoms with Gasteiger partial charge in [-0.2, -0.15) is 0 Å². The van der Waals surface area contributed by atoms with Crippen LogP contribution >= 0.6 is 0 Å². The summed E-state index contributed by atoms with van der Waals surface area (Å²) in [4.78, 5) is 2.48. The molecule has 0 atom stereocenters. The second-order valence-corrected chi connectivity index (χ2v) is 16.8. The smallest absolute Gasteiger partial charge is 0.135 e. The van der Waals surface area contributed by atoms with E-state index >= 15 is 0 Å². The van der Waals surface area contributed by atoms with Crippen LogP contribution in [-0.2, 0) is 10.8 Å². The molecule has 2 aliphatic carbocycles. The zero-order valence-electron chi connectivity index (χ0n) is 33.6. The fourth-order valence-corrected chi connectivity index (χ4v) is 10.8. The van der Waals surface area contributed by atoms with Crippen molar-refractivity contribution in [3.8, 4) is 33.4 Å². The van der Waals surface area contributed by atoms with E-state index in [2.05, 4.69) is 231 Å². The number of fused-ring (bicyclic) bond motifs is 10. The van der Waals surface area contributed by atoms with Gasteiger partial charge in [-0.3, -0.25) is 0 Å². The average molecular weight is 768 g/mol. The van der Waals surface area contributed by atoms with E-state index in [4.69, 9.17) is 4.42 Å². The van der Waals surface area contributed by atoms with Crippen LogP contribution < -0.4 is 4.90 Å². The Morgan fingerprint density at radius 3 is 1.78 bits per heavy atom. The summed E-state index contributed by atoms with van der Waals surface area (Å²) in [6, 6.07) is 78.0. The van der Waals surface area contributed by atoms with Gasteiger partial charge >= 0.3 is 0 Å². The van der Waals surface area contributed by atoms with Crippen molar-refractivity contribution in [2.24, 2.45) is 0 Å². The topological polar surface area (TPSA) is 16.4 Å². The summed E-state index contributed by atoms with van der Waals surface area (Å²) >= 11 is 0. The lowest BCUT2D eigenvalue weighted by molar-refractivity contribution is 0.657. The van der Waals surface area contributed by atoms with Crippen LogP contribution in [0.25, 0.3) is 55.3 Å². The summed E-state index contributed by atoms with van der Waals surface area (Å²) in [6.07, 6.45) is 0. The van der Waals surface area contributed by atoms with E-state index in [0.717, 1.165) is 28.2 Å². The van der Waals surface area contributed by atoms with E-state index in [-0.39, 0.29) is 5.41 Å². The van der Waals surface area contributed by atoms with Gasteiger partial charge in [0.2, 0.25) is 0 Å². The normalized spacial score (nSPS) is 14.1. The van der Waals surface area contributed by atoms with Gasteiger partial charge in [-0.25, -0.2) is 0 Å². The Hall–Kier alpha value is -7.42. The molecule has 0 saturated heterocycles. The van der Waals surface area contributed by atoms with Crippen LogP contribution in [-0.4, -0.2) is 0 Å². The second-order valence-electron chi connectivity index (χ2n) is 16.8. The first-order valence-electron chi connectivity index (χ1n) is 20.9. The number of rotatable bonds is 6. The van der Waals surface area contributed by atoms with E-state index in [0.29, 0.717) is 0 Å². The van der Waals surface area contributed by atoms with Crippen LogP contribution in [0, 0.1) is 0 Å². The SMILES string of the molecule is CC1(C)c2ccc(N(c3cccc(C4(c5ccccc5)c5ccccc5-c5ccccc54)c3)c3ccccc3-c3ccccc3)cc2-c2ccc3oc4ccccc4c3c21. The molecule has 12 rings (SSSR count). The van der Waals surface area contributed by atoms with Crippen LogP contribution in [0.15, 0.2) is 217 Å². The molecule has 0 radical (unpaired) electrons. The third kappa shape index (κ3) is 4.82. The zero-order chi connectivity index (χ0) is 40.0. The molecule has 0 bridgehead atoms. The minimum absolute atomic E-state index is 0.229. The van der Waals surface area contributed by atoms with Crippen LogP contribution in [0.3, 0.4) is 0 Å². The van der Waals surface area contributed by atoms with E-state index in [9.17, 15) is 0 Å². The van der Waals surface area contributed by atoms with Crippen molar-refractivity contribution in [2.45, 2.75) is 24.7 Å². The largest absolute Gasteiger partial charge is 0.456 e. The first-order valence-corrected chi connectivity index (χ1v) is 20.9. The highest BCUT2D eigenvalue weighted by molar-refractivity contribution is 6.11. The van der Waals surface area contributed by atoms with Crippen LogP contribution in [0.4, 0.5) is 17.1 Å². The molecule has 9 aromatic carbocycles. The van der Waals surface area contributed by atoms with E-state index in [1.807, 2.05) is 0 Å². The Balaban J connectivity index is 1.12. The molecular weight excluding hydrogens is 727 g/mol. The van der Waals surface area contributed by atoms with Crippen LogP contribution in [0.1, 0.15) is 47.2 Å². The summed E-state index contributed by atoms with van der Waals surface area (Å²) in [5.41, 5.74) is 19.6. The molecule has 284 valence electrons. The molecule has 60 heavy (non-hydrogen) atoms. The van der Waals surface area contributed by atoms with Gasteiger partial charge < -0.3 is 9.32 Å². The highest BCUT2D eigenvalue weighted by atomic mass is 16.3. The second kappa shape index (κ2) is 13.0. The quantitative estimate of drug-likeness (QED) is 0.168. The summed E-state index contributed by atoms with van der Waals surface area (Å²) in [5, 5.41) is 2.39. The fraction of sp³-hybridized carbons (Fsp3) is 0.0690. The molecule has 10 aromatic rings. The molecule has 0 aliphatic heterocycles. The Bertz CT molecular complexity index is 3250. The Morgan fingerprint density at radius 2 is 1.02 bits per heavy atom. The third-order valence-electron chi connectivity index (χ3n) is 13.3. The van der Waals surface area contributed by atoms with Gasteiger partial charge in [0.15, 0.2) is 0 Å². The van der Waals surface area contributed by atoms with Crippen molar-refractivity contribution >= 4 is 39.0 Å². The fourth-order valence-electron chi connectivity index (χ4n) is 10.8. The highest BCUT2D eigenvalue weighted by Gasteiger charge is 2.46. The lowest BCUT2D eigenvalue weighted by Gasteiger charge is -2.35. The maximum atomic E-state index is 6.43. The third-order valence-corrected chi connectivity index (χ3v) is 13.3. The van der Waals surface area contributed by atoms with Crippen molar-refractivity contribution < 1.29 is 4.42 Å². The Kier molecular flexibility index (Phi) is 7.52. The van der Waals surface area contributed by atoms with Gasteiger partial charge in [-0.15, -0.1) is 0 Å². The molecule has 0 fully saturated rings. The Labute approximate surface area is 350 Å². The minimum atomic E-state index is -0.519. The molecule has 0 saturated carbocycles. The molecule has 2 nitrogen and oxygen atoms in total. The van der Waals surface area contributed by atoms with Gasteiger partial charge in [0.1, 0.15) is 11.2 Å². The van der Waals surface area contributed by atoms with Gasteiger partial charge in [0.25, 0.3) is 0 Å². The monoisotopic (exact) mass is 767 g/mol. The molecule has 2 aliphatic rings. The standard InChI is InChI=1S/C58H41NO/c1-57(2)49-34-32-42(37-48(49)46-33-35-54-55(56(46)57)47-27-12-16-31-53(47)60-54)59(52-30-15-11-24-43(52)38-18-5-3-6-19-38)41-23-17-22-40(36-41)58(39-20-7-4-8-21-39)50-28-13-9-25-44(50)45-26-10-14-29-51(45)58/h3-37H,1-2H3. The first kappa shape index (κ1) is 34.6. The molecule has 1 aromatic heterocycles. The van der Waals surface area contributed by atoms with Crippen molar-refractivity contribution in [1.82, 2.24) is 0 Å². The number of nitrogens with zero attached hydrogens (tertiary/aromatic N) is 1. The number of furan rings is 1. The number of benzene rings is 9. The molecule has 2 heteroatoms. The summed E-state index contributed by atoms with van der Waals surface area (Å²) in [6.45, 7) is 4.73. The lowest BCUT2D eigenvalue weighted by Crippen LogP contribution is -2.28. The van der Waals surface area contributed by atoms with Crippen LogP contribution in [0.5, 0.6) is 0 Å². The van der Waals surface area contributed by atoms with E-state index in [1.165, 1.54) is 77.5 Å². The van der Waals surface area contributed by atoms with Crippen molar-refractivity contribution in [2.75, 3.05) is 4.90 Å². The summed E-state index contributed by atoms with van der Waals surface area (Å²) in [7, 11) is 0. The lowest BCUT2D eigenvalue weighted by atomic mass is 9.67. The van der Waals surface area contributed by atoms with Gasteiger partial charge in [0.05, 0.1) is 11.1 Å². The minimum Gasteiger partial charge on any atom is -0.456 e. The first-order chi connectivity index (χ1) is 29.5. The van der Waals surface area contributed by atoms with Gasteiger partial charge in [-0.05, 0) is 104 Å². The molecule has 0 unspecified atom stereocenters. The predicted molar refractivity (Wildman–Crippen MR) is 249 cm³/mol. The molecular formula is C58H41NO. The zero-order valence-corrected chi connectivity index (χ0v) is 33.6. The van der Waals surface area contributed by atoms with E-state index < -0.39 is 5.41 Å². The number of hydrogen-bond acceptors (Lipinski definition) is 2. The van der Waals surface area contributed by atoms with Crippen molar-refractivity contribution in [3.63, 3.8) is 0 Å². The molecule has 1 heterocycles. The van der Waals surface area contributed by atoms with Crippen molar-refractivity contribution in [1.29, 1.82) is 0 Å². The number of anilines is 3. The highest BCUT2D eigenvalue weighted by Crippen LogP contribution is 2.58. The summed E-state index contributed by atoms with van der Waals surface area (Å²) in [5.74, 6) is 0. The maximum Gasteiger partial charge on any atom is 0.135 e. The molecule has 0 amide bonds. The average Bonchev–Trinajstić information content (AvgIpc) is 3.91. The van der Waals surface area contributed by atoms with Crippen molar-refractivity contribution in [3.05, 3.63) is 246 Å². The summed E-state index contributed by atoms with van der Waals surface area (Å²) < 4.78 is 6.43. The Morgan fingerprint density at radius 1 is 0.400 bits per heavy atom. The number of hydrogen-bond donors (Lipinski definition) is 0. The maximum absolute atomic E-state index is 6.43. The predicted octanol–water partition coefficient (Wildman–Crippen LogP) is 15.4. The van der Waals surface area contributed by atoms with Gasteiger partial charge in [-0.1, -0.05) is 184 Å². The van der Waals surface area contributed by atoms with Gasteiger partial charge in [0, 0.05) is 33.1 Å². The number of para-hydroxylation sites is 2. The molecule has 0 N–H and O–H groups in total. The molecule has 0 spiro atoms. The van der Waals surface area contributed by atoms with E-state index in [1.54, 1.807) is 0 Å².